The molecular formula is C15H24N4O. The Labute approximate surface area is 121 Å². The van der Waals surface area contributed by atoms with Gasteiger partial charge in [-0.1, -0.05) is 13.0 Å². The van der Waals surface area contributed by atoms with Gasteiger partial charge in [0.2, 0.25) is 5.91 Å². The molecule has 1 aromatic rings. The molecule has 110 valence electrons. The number of aromatic nitrogens is 1. The van der Waals surface area contributed by atoms with Crippen LogP contribution in [0.5, 0.6) is 0 Å². The van der Waals surface area contributed by atoms with Gasteiger partial charge in [-0.2, -0.15) is 0 Å². The summed E-state index contributed by atoms with van der Waals surface area (Å²) in [5.41, 5.74) is 2.05. The highest BCUT2D eigenvalue weighted by Crippen LogP contribution is 2.04. The maximum Gasteiger partial charge on any atom is 0.236 e. The number of likely N-dealkylation sites (N-methyl/N-ethyl adjacent to an activating group) is 1. The quantitative estimate of drug-likeness (QED) is 0.857. The summed E-state index contributed by atoms with van der Waals surface area (Å²) in [5.74, 6) is 0.223. The van der Waals surface area contributed by atoms with E-state index in [1.807, 2.05) is 30.0 Å². The third kappa shape index (κ3) is 4.28. The van der Waals surface area contributed by atoms with Crippen LogP contribution < -0.4 is 5.32 Å². The van der Waals surface area contributed by atoms with Gasteiger partial charge in [-0.25, -0.2) is 0 Å². The van der Waals surface area contributed by atoms with Crippen molar-refractivity contribution in [1.29, 1.82) is 0 Å². The Bertz CT molecular complexity index is 443. The molecule has 20 heavy (non-hydrogen) atoms. The number of carbonyl (C=O) groups excluding carboxylic acids is 1. The Morgan fingerprint density at radius 2 is 2.15 bits per heavy atom. The number of amides is 1. The predicted octanol–water partition coefficient (Wildman–Crippen LogP) is 0.644. The Morgan fingerprint density at radius 1 is 1.40 bits per heavy atom. The van der Waals surface area contributed by atoms with E-state index in [0.717, 1.165) is 50.7 Å². The molecule has 0 aromatic carbocycles. The summed E-state index contributed by atoms with van der Waals surface area (Å²) in [5, 5.41) is 3.27. The molecule has 1 amide bonds. The topological polar surface area (TPSA) is 48.5 Å². The third-order valence-corrected chi connectivity index (χ3v) is 3.61. The van der Waals surface area contributed by atoms with Crippen LogP contribution in [0.25, 0.3) is 0 Å². The number of hydrogen-bond donors (Lipinski definition) is 1. The molecule has 1 N–H and O–H groups in total. The van der Waals surface area contributed by atoms with Crippen LogP contribution in [0.2, 0.25) is 0 Å². The molecule has 1 aliphatic heterocycles. The first kappa shape index (κ1) is 14.9. The summed E-state index contributed by atoms with van der Waals surface area (Å²) in [6.07, 6.45) is 0. The fraction of sp³-hybridized carbons (Fsp3) is 0.600. The van der Waals surface area contributed by atoms with E-state index < -0.39 is 0 Å². The van der Waals surface area contributed by atoms with Crippen LogP contribution in [-0.2, 0) is 11.3 Å². The molecule has 0 unspecified atom stereocenters. The van der Waals surface area contributed by atoms with Gasteiger partial charge in [-0.3, -0.25) is 14.7 Å². The van der Waals surface area contributed by atoms with Gasteiger partial charge < -0.3 is 10.2 Å². The maximum atomic E-state index is 12.3. The average Bonchev–Trinajstić information content (AvgIpc) is 2.47. The fourth-order valence-electron chi connectivity index (χ4n) is 2.40. The highest BCUT2D eigenvalue weighted by Gasteiger charge is 2.18. The summed E-state index contributed by atoms with van der Waals surface area (Å²) >= 11 is 0. The molecular weight excluding hydrogens is 252 g/mol. The second-order valence-electron chi connectivity index (χ2n) is 5.20. The van der Waals surface area contributed by atoms with Crippen LogP contribution in [0.3, 0.4) is 0 Å². The van der Waals surface area contributed by atoms with Gasteiger partial charge >= 0.3 is 0 Å². The summed E-state index contributed by atoms with van der Waals surface area (Å²) in [6, 6.07) is 6.03. The van der Waals surface area contributed by atoms with Gasteiger partial charge in [-0.05, 0) is 25.6 Å². The zero-order valence-corrected chi connectivity index (χ0v) is 12.4. The van der Waals surface area contributed by atoms with E-state index in [1.54, 1.807) is 0 Å². The number of nitrogens with one attached hydrogen (secondary N) is 1. The summed E-state index contributed by atoms with van der Waals surface area (Å²) < 4.78 is 0. The van der Waals surface area contributed by atoms with E-state index in [-0.39, 0.29) is 5.91 Å². The van der Waals surface area contributed by atoms with Crippen LogP contribution in [-0.4, -0.2) is 60.0 Å². The van der Waals surface area contributed by atoms with Crippen molar-refractivity contribution in [3.05, 3.63) is 29.6 Å². The summed E-state index contributed by atoms with van der Waals surface area (Å²) in [4.78, 5) is 20.9. The van der Waals surface area contributed by atoms with E-state index in [1.165, 1.54) is 0 Å². The van der Waals surface area contributed by atoms with Gasteiger partial charge in [0.05, 0.1) is 12.2 Å². The fourth-order valence-corrected chi connectivity index (χ4v) is 2.40. The van der Waals surface area contributed by atoms with Gasteiger partial charge in [0.1, 0.15) is 0 Å². The molecule has 0 atom stereocenters. The minimum Gasteiger partial charge on any atom is -0.339 e. The van der Waals surface area contributed by atoms with E-state index in [9.17, 15) is 4.79 Å². The van der Waals surface area contributed by atoms with Crippen molar-refractivity contribution in [1.82, 2.24) is 20.1 Å². The van der Waals surface area contributed by atoms with E-state index in [2.05, 4.69) is 22.1 Å². The zero-order valence-electron chi connectivity index (χ0n) is 12.4. The van der Waals surface area contributed by atoms with Crippen molar-refractivity contribution in [2.75, 3.05) is 39.3 Å². The SMILES string of the molecule is CCN(CC(=O)N1CCNCC1)Cc1cccc(C)n1. The van der Waals surface area contributed by atoms with Gasteiger partial charge in [0.15, 0.2) is 0 Å². The monoisotopic (exact) mass is 276 g/mol. The number of carbonyl (C=O) groups is 1. The molecule has 1 aromatic heterocycles. The van der Waals surface area contributed by atoms with E-state index in [0.29, 0.717) is 6.54 Å². The molecule has 5 heteroatoms. The lowest BCUT2D eigenvalue weighted by Gasteiger charge is -2.30. The minimum atomic E-state index is 0.223. The lowest BCUT2D eigenvalue weighted by Crippen LogP contribution is -2.49. The Hall–Kier alpha value is -1.46. The van der Waals surface area contributed by atoms with E-state index >= 15 is 0 Å². The lowest BCUT2D eigenvalue weighted by molar-refractivity contribution is -0.133. The maximum absolute atomic E-state index is 12.3. The van der Waals surface area contributed by atoms with Gasteiger partial charge in [0.25, 0.3) is 0 Å². The minimum absolute atomic E-state index is 0.223. The first-order chi connectivity index (χ1) is 9.69. The molecule has 0 radical (unpaired) electrons. The second kappa shape index (κ2) is 7.36. The number of rotatable bonds is 5. The van der Waals surface area contributed by atoms with Crippen molar-refractivity contribution < 1.29 is 4.79 Å². The number of hydrogen-bond acceptors (Lipinski definition) is 4. The lowest BCUT2D eigenvalue weighted by atomic mass is 10.3. The number of aryl methyl sites for hydroxylation is 1. The largest absolute Gasteiger partial charge is 0.339 e. The van der Waals surface area contributed by atoms with Crippen molar-refractivity contribution in [3.8, 4) is 0 Å². The van der Waals surface area contributed by atoms with Gasteiger partial charge in [0, 0.05) is 38.4 Å². The Kier molecular flexibility index (Phi) is 5.49. The van der Waals surface area contributed by atoms with Crippen LogP contribution in [0.15, 0.2) is 18.2 Å². The first-order valence-electron chi connectivity index (χ1n) is 7.32. The normalized spacial score (nSPS) is 15.7. The second-order valence-corrected chi connectivity index (χ2v) is 5.20. The standard InChI is InChI=1S/C15H24N4O/c1-3-18(11-14-6-4-5-13(2)17-14)12-15(20)19-9-7-16-8-10-19/h4-6,16H,3,7-12H2,1-2H3. The highest BCUT2D eigenvalue weighted by atomic mass is 16.2. The first-order valence-corrected chi connectivity index (χ1v) is 7.32. The summed E-state index contributed by atoms with van der Waals surface area (Å²) in [7, 11) is 0. The van der Waals surface area contributed by atoms with Crippen molar-refractivity contribution in [3.63, 3.8) is 0 Å². The number of pyridine rings is 1. The number of nitrogens with zero attached hydrogens (tertiary/aromatic N) is 3. The Morgan fingerprint density at radius 3 is 2.80 bits per heavy atom. The molecule has 2 heterocycles. The molecule has 1 saturated heterocycles. The molecule has 0 spiro atoms. The smallest absolute Gasteiger partial charge is 0.236 e. The Balaban J connectivity index is 1.89. The van der Waals surface area contributed by atoms with Crippen molar-refractivity contribution in [2.45, 2.75) is 20.4 Å². The summed E-state index contributed by atoms with van der Waals surface area (Å²) in [6.45, 7) is 9.58. The van der Waals surface area contributed by atoms with Crippen LogP contribution >= 0.6 is 0 Å². The highest BCUT2D eigenvalue weighted by molar-refractivity contribution is 5.78. The predicted molar refractivity (Wildman–Crippen MR) is 79.4 cm³/mol. The average molecular weight is 276 g/mol. The van der Waals surface area contributed by atoms with Crippen molar-refractivity contribution >= 4 is 5.91 Å². The molecule has 0 bridgehead atoms. The number of piperazine rings is 1. The molecule has 0 saturated carbocycles. The van der Waals surface area contributed by atoms with Crippen LogP contribution in [0.4, 0.5) is 0 Å². The molecule has 1 fully saturated rings. The van der Waals surface area contributed by atoms with Crippen LogP contribution in [0, 0.1) is 6.92 Å². The molecule has 0 aliphatic carbocycles. The molecule has 2 rings (SSSR count). The van der Waals surface area contributed by atoms with Gasteiger partial charge in [-0.15, -0.1) is 0 Å². The van der Waals surface area contributed by atoms with Crippen LogP contribution in [0.1, 0.15) is 18.3 Å². The third-order valence-electron chi connectivity index (χ3n) is 3.61. The molecule has 5 nitrogen and oxygen atoms in total. The van der Waals surface area contributed by atoms with Crippen molar-refractivity contribution in [2.24, 2.45) is 0 Å². The van der Waals surface area contributed by atoms with E-state index in [4.69, 9.17) is 0 Å². The zero-order chi connectivity index (χ0) is 14.4. The molecule has 1 aliphatic rings.